The molecule has 0 fully saturated rings. The third-order valence-electron chi connectivity index (χ3n) is 9.64. The van der Waals surface area contributed by atoms with E-state index in [-0.39, 0.29) is 0 Å². The molecule has 12 aromatic heterocycles. The zero-order valence-corrected chi connectivity index (χ0v) is 19.2. The summed E-state index contributed by atoms with van der Waals surface area (Å²) < 4.78 is 15.2. The maximum absolute atomic E-state index is 2.53. The Morgan fingerprint density at radius 1 is 0.378 bits per heavy atom. The molecular formula is C31H13N6+3. The van der Waals surface area contributed by atoms with Crippen LogP contribution in [0.3, 0.4) is 0 Å². The van der Waals surface area contributed by atoms with Crippen molar-refractivity contribution in [3.05, 3.63) is 78.9 Å². The van der Waals surface area contributed by atoms with Gasteiger partial charge in [0.25, 0.3) is 16.6 Å². The molecule has 0 aliphatic rings. The van der Waals surface area contributed by atoms with Crippen LogP contribution in [-0.4, -0.2) is 13.2 Å². The van der Waals surface area contributed by atoms with Crippen LogP contribution in [0.2, 0.25) is 0 Å². The van der Waals surface area contributed by atoms with Gasteiger partial charge in [0.15, 0.2) is 16.6 Å². The van der Waals surface area contributed by atoms with Gasteiger partial charge in [-0.2, -0.15) is 0 Å². The Bertz CT molecular complexity index is 2790. The van der Waals surface area contributed by atoms with Gasteiger partial charge in [-0.25, -0.2) is 0 Å². The molecule has 12 heterocycles. The first kappa shape index (κ1) is 15.7. The van der Waals surface area contributed by atoms with Crippen molar-refractivity contribution in [2.75, 3.05) is 0 Å². The van der Waals surface area contributed by atoms with Crippen molar-refractivity contribution in [2.45, 2.75) is 0 Å². The molecule has 13 rings (SSSR count). The fourth-order valence-electron chi connectivity index (χ4n) is 8.43. The average Bonchev–Trinajstić information content (AvgIpc) is 3.73. The van der Waals surface area contributed by atoms with E-state index in [2.05, 4.69) is 105 Å². The van der Waals surface area contributed by atoms with Gasteiger partial charge >= 0.3 is 0 Å². The van der Waals surface area contributed by atoms with Gasteiger partial charge in [0.05, 0.1) is 5.52 Å². The Hall–Kier alpha value is -5.23. The number of benzene rings is 1. The fourth-order valence-corrected chi connectivity index (χ4v) is 8.43. The molecule has 0 aliphatic carbocycles. The van der Waals surface area contributed by atoms with Crippen LogP contribution >= 0.6 is 0 Å². The van der Waals surface area contributed by atoms with E-state index in [9.17, 15) is 0 Å². The summed E-state index contributed by atoms with van der Waals surface area (Å²) in [5.74, 6) is 0. The molecule has 0 saturated heterocycles. The summed E-state index contributed by atoms with van der Waals surface area (Å²) in [5.41, 5.74) is 22.9. The first-order valence-electron chi connectivity index (χ1n) is 12.8. The second-order valence-corrected chi connectivity index (χ2v) is 11.0. The van der Waals surface area contributed by atoms with Crippen molar-refractivity contribution in [3.8, 4) is 0 Å². The lowest BCUT2D eigenvalue weighted by Gasteiger charge is -2.13. The van der Waals surface area contributed by atoms with Crippen LogP contribution < -0.4 is 13.2 Å². The molecule has 0 saturated carbocycles. The molecule has 164 valence electrons. The third-order valence-corrected chi connectivity index (χ3v) is 9.64. The zero-order chi connectivity index (χ0) is 23.0. The first-order chi connectivity index (χ1) is 18.4. The number of hydrogen-bond acceptors (Lipinski definition) is 0. The number of nitrogens with zero attached hydrogens (tertiary/aromatic N) is 6. The second kappa shape index (κ2) is 4.29. The van der Waals surface area contributed by atoms with Crippen molar-refractivity contribution in [3.63, 3.8) is 0 Å². The van der Waals surface area contributed by atoms with Crippen molar-refractivity contribution < 1.29 is 13.2 Å². The topological polar surface area (TPSA) is 25.5 Å². The van der Waals surface area contributed by atoms with Crippen molar-refractivity contribution in [1.82, 2.24) is 13.2 Å². The highest BCUT2D eigenvalue weighted by atomic mass is 15.1. The standard InChI is InChI=1S/C31H13N6/c1-3-16-18-5-7-20-22-9-11-24-25-12-10-23-21-8-6-19-17-4-2-15-13-14(1)32(16)26-27(33(15)17)29(35(19)21)31(37(23)25)30(36(22)24)28(26)34(18)20/h1-13H/q+3. The normalized spacial score (nSPS) is 14.5. The minimum absolute atomic E-state index is 1.23. The molecule has 13 aromatic rings. The minimum atomic E-state index is 1.23. The summed E-state index contributed by atoms with van der Waals surface area (Å²) in [5, 5.41) is 0. The Morgan fingerprint density at radius 2 is 0.784 bits per heavy atom. The number of rotatable bonds is 0. The van der Waals surface area contributed by atoms with E-state index in [0.29, 0.717) is 0 Å². The highest BCUT2D eigenvalue weighted by molar-refractivity contribution is 6.22. The molecule has 0 bridgehead atoms. The third kappa shape index (κ3) is 1.22. The predicted molar refractivity (Wildman–Crippen MR) is 142 cm³/mol. The van der Waals surface area contributed by atoms with Crippen LogP contribution in [0.5, 0.6) is 0 Å². The summed E-state index contributed by atoms with van der Waals surface area (Å²) in [7, 11) is 0. The van der Waals surface area contributed by atoms with Gasteiger partial charge in [-0.05, 0) is 36.4 Å². The van der Waals surface area contributed by atoms with Gasteiger partial charge in [0.2, 0.25) is 33.1 Å². The van der Waals surface area contributed by atoms with Crippen LogP contribution in [0, 0.1) is 0 Å². The Kier molecular flexibility index (Phi) is 1.82. The molecule has 0 aliphatic heterocycles. The average molecular weight is 469 g/mol. The lowest BCUT2D eigenvalue weighted by Crippen LogP contribution is -2.33. The Labute approximate surface area is 204 Å². The maximum atomic E-state index is 2.53. The van der Waals surface area contributed by atoms with Gasteiger partial charge in [0.1, 0.15) is 27.6 Å². The molecule has 0 atom stereocenters. The molecule has 0 unspecified atom stereocenters. The van der Waals surface area contributed by atoms with E-state index in [1.165, 1.54) is 99.3 Å². The number of aromatic nitrogens is 6. The molecular weight excluding hydrogens is 456 g/mol. The second-order valence-electron chi connectivity index (χ2n) is 11.0. The minimum Gasteiger partial charge on any atom is -0.293 e. The van der Waals surface area contributed by atoms with E-state index in [4.69, 9.17) is 0 Å². The number of hydrogen-bond donors (Lipinski definition) is 0. The van der Waals surface area contributed by atoms with Crippen molar-refractivity contribution in [2.24, 2.45) is 0 Å². The van der Waals surface area contributed by atoms with Crippen LogP contribution in [0.4, 0.5) is 0 Å². The Balaban J connectivity index is 1.68. The largest absolute Gasteiger partial charge is 0.293 e. The lowest BCUT2D eigenvalue weighted by atomic mass is 10.1. The molecule has 0 amide bonds. The van der Waals surface area contributed by atoms with Crippen LogP contribution in [-0.2, 0) is 0 Å². The molecule has 0 N–H and O–H groups in total. The smallest absolute Gasteiger partial charge is 0.274 e. The monoisotopic (exact) mass is 469 g/mol. The van der Waals surface area contributed by atoms with E-state index in [0.717, 1.165) is 0 Å². The van der Waals surface area contributed by atoms with Crippen LogP contribution in [0.25, 0.3) is 99.3 Å². The highest BCUT2D eigenvalue weighted by Crippen LogP contribution is 2.42. The van der Waals surface area contributed by atoms with Gasteiger partial charge in [-0.3, -0.25) is 13.2 Å². The maximum Gasteiger partial charge on any atom is 0.274 e. The summed E-state index contributed by atoms with van der Waals surface area (Å²) in [6.07, 6.45) is 0. The van der Waals surface area contributed by atoms with Gasteiger partial charge < -0.3 is 0 Å². The zero-order valence-electron chi connectivity index (χ0n) is 19.2. The van der Waals surface area contributed by atoms with Crippen molar-refractivity contribution in [1.29, 1.82) is 0 Å². The van der Waals surface area contributed by atoms with Crippen LogP contribution in [0.15, 0.2) is 78.9 Å². The molecule has 6 nitrogen and oxygen atoms in total. The van der Waals surface area contributed by atoms with E-state index < -0.39 is 0 Å². The van der Waals surface area contributed by atoms with E-state index in [1.54, 1.807) is 0 Å². The molecule has 0 radical (unpaired) electrons. The van der Waals surface area contributed by atoms with E-state index >= 15 is 0 Å². The molecule has 37 heavy (non-hydrogen) atoms. The molecule has 1 aromatic carbocycles. The van der Waals surface area contributed by atoms with Gasteiger partial charge in [-0.15, -0.1) is 13.2 Å². The Morgan fingerprint density at radius 3 is 1.35 bits per heavy atom. The molecule has 6 heteroatoms. The fraction of sp³-hybridized carbons (Fsp3) is 0. The summed E-state index contributed by atoms with van der Waals surface area (Å²) in [6.45, 7) is 0. The summed E-state index contributed by atoms with van der Waals surface area (Å²) in [4.78, 5) is 0. The van der Waals surface area contributed by atoms with Crippen LogP contribution in [0.1, 0.15) is 0 Å². The van der Waals surface area contributed by atoms with Gasteiger partial charge in [-0.1, -0.05) is 0 Å². The van der Waals surface area contributed by atoms with Gasteiger partial charge in [0, 0.05) is 42.5 Å². The van der Waals surface area contributed by atoms with Crippen molar-refractivity contribution >= 4 is 99.3 Å². The molecule has 0 spiro atoms. The van der Waals surface area contributed by atoms with E-state index in [1.807, 2.05) is 0 Å². The predicted octanol–water partition coefficient (Wildman–Crippen LogP) is 4.64. The number of fused-ring (bicyclic) bond motifs is 5. The summed E-state index contributed by atoms with van der Waals surface area (Å²) in [6, 6.07) is 30.0. The lowest BCUT2D eigenvalue weighted by molar-refractivity contribution is -0.456. The highest BCUT2D eigenvalue weighted by Gasteiger charge is 2.42. The SMILES string of the molecule is c1cc2c3ccc4c5ccc6c7ccc8c9ccc%10c%11ccc%12cc1n2c1c(c(c(c(c1[n+]34)n56)[n+]87)n%109)[n+]%12%11. The summed E-state index contributed by atoms with van der Waals surface area (Å²) >= 11 is 0. The quantitative estimate of drug-likeness (QED) is 0.176. The first-order valence-corrected chi connectivity index (χ1v) is 12.8.